The number of ether oxygens (including phenoxy) is 2. The molecule has 1 atom stereocenters. The first-order chi connectivity index (χ1) is 8.99. The lowest BCUT2D eigenvalue weighted by atomic mass is 9.96. The summed E-state index contributed by atoms with van der Waals surface area (Å²) in [6, 6.07) is 5.41. The summed E-state index contributed by atoms with van der Waals surface area (Å²) in [6.07, 6.45) is 0. The van der Waals surface area contributed by atoms with Crippen LogP contribution < -0.4 is 14.8 Å². The maximum Gasteiger partial charge on any atom is 0.308 e. The maximum absolute atomic E-state index is 11.1. The van der Waals surface area contributed by atoms with Gasteiger partial charge in [0, 0.05) is 18.3 Å². The van der Waals surface area contributed by atoms with E-state index in [1.165, 1.54) is 0 Å². The third-order valence-corrected chi connectivity index (χ3v) is 3.03. The summed E-state index contributed by atoms with van der Waals surface area (Å²) in [5, 5.41) is 12.2. The molecule has 0 aliphatic rings. The molecule has 0 bridgehead atoms. The van der Waals surface area contributed by atoms with Crippen LogP contribution in [0.3, 0.4) is 0 Å². The summed E-state index contributed by atoms with van der Waals surface area (Å²) in [7, 11) is 3.14. The topological polar surface area (TPSA) is 67.8 Å². The van der Waals surface area contributed by atoms with Crippen molar-refractivity contribution >= 4 is 11.7 Å². The van der Waals surface area contributed by atoms with Crippen molar-refractivity contribution in [2.45, 2.75) is 13.8 Å². The van der Waals surface area contributed by atoms with E-state index in [1.54, 1.807) is 26.4 Å². The molecular weight excluding hydrogens is 246 g/mol. The minimum atomic E-state index is -0.789. The normalized spacial score (nSPS) is 12.1. The SMILES string of the molecule is COc1ccc(NCC(C(=O)O)C(C)C)cc1OC. The number of benzene rings is 1. The second kappa shape index (κ2) is 6.87. The Morgan fingerprint density at radius 2 is 1.89 bits per heavy atom. The van der Waals surface area contributed by atoms with E-state index in [0.717, 1.165) is 5.69 Å². The monoisotopic (exact) mass is 267 g/mol. The van der Waals surface area contributed by atoms with Crippen LogP contribution in [-0.4, -0.2) is 31.8 Å². The highest BCUT2D eigenvalue weighted by atomic mass is 16.5. The highest BCUT2D eigenvalue weighted by Crippen LogP contribution is 2.29. The van der Waals surface area contributed by atoms with E-state index in [9.17, 15) is 4.79 Å². The van der Waals surface area contributed by atoms with E-state index in [0.29, 0.717) is 18.0 Å². The van der Waals surface area contributed by atoms with Crippen LogP contribution in [0.2, 0.25) is 0 Å². The van der Waals surface area contributed by atoms with Crippen molar-refractivity contribution in [2.24, 2.45) is 11.8 Å². The molecule has 0 radical (unpaired) electrons. The number of nitrogens with one attached hydrogen (secondary N) is 1. The van der Waals surface area contributed by atoms with Gasteiger partial charge in [-0.1, -0.05) is 13.8 Å². The molecule has 1 rings (SSSR count). The average molecular weight is 267 g/mol. The molecule has 2 N–H and O–H groups in total. The Labute approximate surface area is 113 Å². The third-order valence-electron chi connectivity index (χ3n) is 3.03. The fourth-order valence-corrected chi connectivity index (χ4v) is 1.78. The van der Waals surface area contributed by atoms with Crippen molar-refractivity contribution in [2.75, 3.05) is 26.1 Å². The van der Waals surface area contributed by atoms with Gasteiger partial charge in [0.15, 0.2) is 11.5 Å². The molecule has 0 saturated heterocycles. The van der Waals surface area contributed by atoms with Crippen molar-refractivity contribution < 1.29 is 19.4 Å². The molecule has 0 aromatic heterocycles. The van der Waals surface area contributed by atoms with E-state index in [2.05, 4.69) is 5.32 Å². The molecule has 0 saturated carbocycles. The molecule has 5 heteroatoms. The van der Waals surface area contributed by atoms with Gasteiger partial charge in [0.1, 0.15) is 0 Å². The Morgan fingerprint density at radius 3 is 2.37 bits per heavy atom. The predicted octanol–water partition coefficient (Wildman–Crippen LogP) is 2.47. The van der Waals surface area contributed by atoms with E-state index in [-0.39, 0.29) is 5.92 Å². The van der Waals surface area contributed by atoms with Gasteiger partial charge in [0.2, 0.25) is 0 Å². The number of anilines is 1. The number of aliphatic carboxylic acids is 1. The molecule has 0 aliphatic carbocycles. The van der Waals surface area contributed by atoms with E-state index >= 15 is 0 Å². The summed E-state index contributed by atoms with van der Waals surface area (Å²) < 4.78 is 10.3. The van der Waals surface area contributed by atoms with Crippen LogP contribution in [0.25, 0.3) is 0 Å². The van der Waals surface area contributed by atoms with E-state index in [4.69, 9.17) is 14.6 Å². The lowest BCUT2D eigenvalue weighted by Crippen LogP contribution is -2.27. The van der Waals surface area contributed by atoms with Crippen molar-refractivity contribution in [3.8, 4) is 11.5 Å². The number of carboxylic acid groups (broad SMARTS) is 1. The molecule has 0 aliphatic heterocycles. The molecule has 1 aromatic rings. The van der Waals surface area contributed by atoms with Gasteiger partial charge in [0.25, 0.3) is 0 Å². The van der Waals surface area contributed by atoms with Gasteiger partial charge in [-0.15, -0.1) is 0 Å². The maximum atomic E-state index is 11.1. The fourth-order valence-electron chi connectivity index (χ4n) is 1.78. The fraction of sp³-hybridized carbons (Fsp3) is 0.500. The van der Waals surface area contributed by atoms with Crippen LogP contribution in [0, 0.1) is 11.8 Å². The number of carboxylic acids is 1. The summed E-state index contributed by atoms with van der Waals surface area (Å²) >= 11 is 0. The Balaban J connectivity index is 2.74. The van der Waals surface area contributed by atoms with Crippen molar-refractivity contribution in [1.82, 2.24) is 0 Å². The van der Waals surface area contributed by atoms with Crippen LogP contribution in [0.1, 0.15) is 13.8 Å². The van der Waals surface area contributed by atoms with Crippen LogP contribution in [0.15, 0.2) is 18.2 Å². The molecule has 0 heterocycles. The second-order valence-corrected chi connectivity index (χ2v) is 4.64. The molecule has 0 fully saturated rings. The smallest absolute Gasteiger partial charge is 0.308 e. The van der Waals surface area contributed by atoms with Gasteiger partial charge < -0.3 is 19.9 Å². The lowest BCUT2D eigenvalue weighted by molar-refractivity contribution is -0.142. The first kappa shape index (κ1) is 15.1. The number of methoxy groups -OCH3 is 2. The largest absolute Gasteiger partial charge is 0.493 e. The standard InChI is InChI=1S/C14H21NO4/c1-9(2)11(14(16)17)8-15-10-5-6-12(18-3)13(7-10)19-4/h5-7,9,11,15H,8H2,1-4H3,(H,16,17). The number of carbonyl (C=O) groups is 1. The van der Waals surface area contributed by atoms with Crippen molar-refractivity contribution in [3.05, 3.63) is 18.2 Å². The summed E-state index contributed by atoms with van der Waals surface area (Å²) in [6.45, 7) is 4.17. The predicted molar refractivity (Wildman–Crippen MR) is 74.0 cm³/mol. The molecule has 1 aromatic carbocycles. The van der Waals surface area contributed by atoms with Crippen molar-refractivity contribution in [1.29, 1.82) is 0 Å². The van der Waals surface area contributed by atoms with E-state index in [1.807, 2.05) is 19.9 Å². The summed E-state index contributed by atoms with van der Waals surface area (Å²) in [5.41, 5.74) is 0.810. The molecule has 19 heavy (non-hydrogen) atoms. The zero-order valence-corrected chi connectivity index (χ0v) is 11.8. The number of hydrogen-bond acceptors (Lipinski definition) is 4. The number of hydrogen-bond donors (Lipinski definition) is 2. The van der Waals surface area contributed by atoms with E-state index < -0.39 is 11.9 Å². The Morgan fingerprint density at radius 1 is 1.26 bits per heavy atom. The van der Waals surface area contributed by atoms with Crippen LogP contribution in [0.5, 0.6) is 11.5 Å². The highest BCUT2D eigenvalue weighted by molar-refractivity contribution is 5.71. The van der Waals surface area contributed by atoms with Gasteiger partial charge in [-0.25, -0.2) is 0 Å². The van der Waals surface area contributed by atoms with Gasteiger partial charge in [-0.3, -0.25) is 4.79 Å². The first-order valence-corrected chi connectivity index (χ1v) is 6.18. The van der Waals surface area contributed by atoms with Crippen molar-refractivity contribution in [3.63, 3.8) is 0 Å². The minimum Gasteiger partial charge on any atom is -0.493 e. The Bertz CT molecular complexity index is 431. The summed E-state index contributed by atoms with van der Waals surface area (Å²) in [5.74, 6) is 0.122. The highest BCUT2D eigenvalue weighted by Gasteiger charge is 2.21. The zero-order chi connectivity index (χ0) is 14.4. The number of rotatable bonds is 7. The quantitative estimate of drug-likeness (QED) is 0.794. The lowest BCUT2D eigenvalue weighted by Gasteiger charge is -2.18. The van der Waals surface area contributed by atoms with Crippen LogP contribution >= 0.6 is 0 Å². The Hall–Kier alpha value is -1.91. The van der Waals surface area contributed by atoms with Gasteiger partial charge >= 0.3 is 5.97 Å². The third kappa shape index (κ3) is 4.05. The van der Waals surface area contributed by atoms with Gasteiger partial charge in [-0.2, -0.15) is 0 Å². The molecule has 0 spiro atoms. The molecule has 0 amide bonds. The zero-order valence-electron chi connectivity index (χ0n) is 11.8. The van der Waals surface area contributed by atoms with Gasteiger partial charge in [0.05, 0.1) is 20.1 Å². The minimum absolute atomic E-state index is 0.0742. The summed E-state index contributed by atoms with van der Waals surface area (Å²) in [4.78, 5) is 11.1. The van der Waals surface area contributed by atoms with Crippen LogP contribution in [-0.2, 0) is 4.79 Å². The average Bonchev–Trinajstić information content (AvgIpc) is 2.37. The second-order valence-electron chi connectivity index (χ2n) is 4.64. The molecule has 5 nitrogen and oxygen atoms in total. The molecule has 106 valence electrons. The molecular formula is C14H21NO4. The van der Waals surface area contributed by atoms with Crippen LogP contribution in [0.4, 0.5) is 5.69 Å². The van der Waals surface area contributed by atoms with Gasteiger partial charge in [-0.05, 0) is 18.1 Å². The first-order valence-electron chi connectivity index (χ1n) is 6.18. The Kier molecular flexibility index (Phi) is 5.48. The molecule has 1 unspecified atom stereocenters.